The van der Waals surface area contributed by atoms with Crippen LogP contribution in [0.25, 0.3) is 33.3 Å². The van der Waals surface area contributed by atoms with E-state index in [2.05, 4.69) is 15.3 Å². The minimum atomic E-state index is -4.67. The molecule has 3 heterocycles. The summed E-state index contributed by atoms with van der Waals surface area (Å²) in [5, 5.41) is 22.7. The predicted molar refractivity (Wildman–Crippen MR) is 151 cm³/mol. The van der Waals surface area contributed by atoms with Crippen LogP contribution in [0.4, 0.5) is 13.2 Å². The van der Waals surface area contributed by atoms with Crippen molar-refractivity contribution in [2.45, 2.75) is 19.1 Å². The summed E-state index contributed by atoms with van der Waals surface area (Å²) in [7, 11) is 0. The number of halogens is 3. The van der Waals surface area contributed by atoms with Crippen molar-refractivity contribution in [3.05, 3.63) is 112 Å². The van der Waals surface area contributed by atoms with Crippen molar-refractivity contribution < 1.29 is 33.0 Å². The van der Waals surface area contributed by atoms with Gasteiger partial charge >= 0.3 is 12.1 Å². The third kappa shape index (κ3) is 6.08. The van der Waals surface area contributed by atoms with Crippen molar-refractivity contribution in [3.8, 4) is 28.1 Å². The van der Waals surface area contributed by atoms with Gasteiger partial charge in [-0.15, -0.1) is 0 Å². The Balaban J connectivity index is 1.84. The number of carbonyl (C=O) groups is 2. The SMILES string of the molecule is O=C(O)CCNC(=O)c1nc(-c2cccnc2)c2c(cc(-c3cccc(C(F)(F)F)c3)c(=O)n2Cc2ccccc2)c1O. The van der Waals surface area contributed by atoms with E-state index in [1.54, 1.807) is 42.5 Å². The van der Waals surface area contributed by atoms with E-state index in [4.69, 9.17) is 5.11 Å². The minimum Gasteiger partial charge on any atom is -0.505 e. The van der Waals surface area contributed by atoms with Crippen molar-refractivity contribution >= 4 is 22.8 Å². The first-order valence-electron chi connectivity index (χ1n) is 13.0. The number of fused-ring (bicyclic) bond motifs is 1. The molecule has 9 nitrogen and oxygen atoms in total. The molecule has 3 N–H and O–H groups in total. The Labute approximate surface area is 241 Å². The molecule has 0 spiro atoms. The number of benzene rings is 2. The fourth-order valence-electron chi connectivity index (χ4n) is 4.66. The van der Waals surface area contributed by atoms with E-state index < -0.39 is 40.6 Å². The average molecular weight is 589 g/mol. The fraction of sp³-hybridized carbons (Fsp3) is 0.129. The van der Waals surface area contributed by atoms with Crippen LogP contribution in [0.2, 0.25) is 0 Å². The summed E-state index contributed by atoms with van der Waals surface area (Å²) in [5.74, 6) is -2.67. The number of carboxylic acids is 1. The highest BCUT2D eigenvalue weighted by molar-refractivity contribution is 6.06. The van der Waals surface area contributed by atoms with Crippen LogP contribution in [0.15, 0.2) is 90.0 Å². The van der Waals surface area contributed by atoms with Gasteiger partial charge in [-0.2, -0.15) is 13.2 Å². The van der Waals surface area contributed by atoms with Crippen molar-refractivity contribution in [3.63, 3.8) is 0 Å². The maximum Gasteiger partial charge on any atom is 0.416 e. The number of aliphatic carboxylic acids is 1. The second-order valence-corrected chi connectivity index (χ2v) is 9.57. The number of pyridine rings is 3. The molecule has 0 saturated carbocycles. The molecule has 5 aromatic rings. The van der Waals surface area contributed by atoms with Crippen LogP contribution in [0.1, 0.15) is 28.0 Å². The fourth-order valence-corrected chi connectivity index (χ4v) is 4.66. The second kappa shape index (κ2) is 11.8. The van der Waals surface area contributed by atoms with Crippen LogP contribution in [0, 0.1) is 0 Å². The number of rotatable bonds is 8. The number of amides is 1. The molecule has 0 aliphatic rings. The first-order valence-corrected chi connectivity index (χ1v) is 13.0. The lowest BCUT2D eigenvalue weighted by atomic mass is 9.99. The molecule has 0 radical (unpaired) electrons. The molecule has 0 bridgehead atoms. The van der Waals surface area contributed by atoms with E-state index in [0.29, 0.717) is 11.1 Å². The number of nitrogens with one attached hydrogen (secondary N) is 1. The monoisotopic (exact) mass is 588 g/mol. The zero-order chi connectivity index (χ0) is 30.7. The van der Waals surface area contributed by atoms with Crippen molar-refractivity contribution in [1.82, 2.24) is 19.9 Å². The molecule has 1 amide bonds. The maximum atomic E-state index is 14.1. The lowest BCUT2D eigenvalue weighted by molar-refractivity contribution is -0.138. The van der Waals surface area contributed by atoms with Gasteiger partial charge in [-0.3, -0.25) is 19.4 Å². The van der Waals surface area contributed by atoms with Gasteiger partial charge in [-0.25, -0.2) is 4.98 Å². The van der Waals surface area contributed by atoms with Crippen LogP contribution < -0.4 is 10.9 Å². The molecule has 0 fully saturated rings. The molecule has 12 heteroatoms. The molecule has 43 heavy (non-hydrogen) atoms. The Bertz CT molecular complexity index is 1890. The Morgan fingerprint density at radius 1 is 0.953 bits per heavy atom. The zero-order valence-electron chi connectivity index (χ0n) is 22.3. The number of hydrogen-bond acceptors (Lipinski definition) is 6. The molecule has 0 atom stereocenters. The smallest absolute Gasteiger partial charge is 0.416 e. The van der Waals surface area contributed by atoms with Crippen molar-refractivity contribution in [2.75, 3.05) is 6.54 Å². The first-order chi connectivity index (χ1) is 20.5. The van der Waals surface area contributed by atoms with E-state index in [1.807, 2.05) is 0 Å². The average Bonchev–Trinajstić information content (AvgIpc) is 2.99. The Morgan fingerprint density at radius 2 is 1.70 bits per heavy atom. The van der Waals surface area contributed by atoms with Crippen LogP contribution >= 0.6 is 0 Å². The van der Waals surface area contributed by atoms with E-state index in [0.717, 1.165) is 12.1 Å². The highest BCUT2D eigenvalue weighted by Crippen LogP contribution is 2.37. The third-order valence-corrected chi connectivity index (χ3v) is 6.68. The lowest BCUT2D eigenvalue weighted by Gasteiger charge is -2.19. The number of aromatic hydroxyl groups is 1. The van der Waals surface area contributed by atoms with Gasteiger partial charge in [0.2, 0.25) is 0 Å². The van der Waals surface area contributed by atoms with Crippen LogP contribution in [0.5, 0.6) is 5.75 Å². The Morgan fingerprint density at radius 3 is 2.37 bits per heavy atom. The Kier molecular flexibility index (Phi) is 7.93. The van der Waals surface area contributed by atoms with Gasteiger partial charge in [0.05, 0.1) is 29.7 Å². The summed E-state index contributed by atoms with van der Waals surface area (Å²) in [4.78, 5) is 46.6. The van der Waals surface area contributed by atoms with Gasteiger partial charge in [0.25, 0.3) is 11.5 Å². The summed E-state index contributed by atoms with van der Waals surface area (Å²) in [6.07, 6.45) is -2.10. The molecular weight excluding hydrogens is 565 g/mol. The molecule has 5 rings (SSSR count). The van der Waals surface area contributed by atoms with Gasteiger partial charge in [0.1, 0.15) is 0 Å². The van der Waals surface area contributed by atoms with Gasteiger partial charge in [0.15, 0.2) is 11.4 Å². The van der Waals surface area contributed by atoms with E-state index in [1.165, 1.54) is 35.2 Å². The number of carbonyl (C=O) groups excluding carboxylic acids is 1. The molecule has 0 saturated heterocycles. The summed E-state index contributed by atoms with van der Waals surface area (Å²) in [6, 6.07) is 17.6. The van der Waals surface area contributed by atoms with Gasteiger partial charge in [-0.1, -0.05) is 42.5 Å². The maximum absolute atomic E-state index is 14.1. The number of carboxylic acid groups (broad SMARTS) is 1. The molecule has 2 aromatic carbocycles. The standard InChI is InChI=1S/C31H23F3N4O5/c32-31(33,34)21-10-4-8-19(14-21)22-15-23-27(38(30(22)43)17-18-6-2-1-3-7-18)25(20-9-5-12-35-16-20)37-26(28(23)41)29(42)36-13-11-24(39)40/h1-10,12,14-16,41H,11,13,17H2,(H,36,42)(H,39,40). The first kappa shape index (κ1) is 29.0. The Hall–Kier alpha value is -5.52. The third-order valence-electron chi connectivity index (χ3n) is 6.68. The summed E-state index contributed by atoms with van der Waals surface area (Å²) in [6.45, 7) is -0.292. The number of nitrogens with zero attached hydrogens (tertiary/aromatic N) is 3. The van der Waals surface area contributed by atoms with Crippen LogP contribution in [-0.2, 0) is 17.5 Å². The summed E-state index contributed by atoms with van der Waals surface area (Å²) >= 11 is 0. The number of aromatic nitrogens is 3. The molecule has 0 unspecified atom stereocenters. The zero-order valence-corrected chi connectivity index (χ0v) is 22.3. The normalized spacial score (nSPS) is 11.4. The summed E-state index contributed by atoms with van der Waals surface area (Å²) < 4.78 is 42.0. The number of alkyl halides is 3. The molecule has 0 aliphatic carbocycles. The topological polar surface area (TPSA) is 134 Å². The minimum absolute atomic E-state index is 0.0276. The molecule has 218 valence electrons. The lowest BCUT2D eigenvalue weighted by Crippen LogP contribution is -2.28. The van der Waals surface area contributed by atoms with E-state index in [-0.39, 0.29) is 47.2 Å². The van der Waals surface area contributed by atoms with Gasteiger partial charge in [-0.05, 0) is 41.5 Å². The van der Waals surface area contributed by atoms with Crippen molar-refractivity contribution in [2.24, 2.45) is 0 Å². The van der Waals surface area contributed by atoms with E-state index in [9.17, 15) is 32.7 Å². The van der Waals surface area contributed by atoms with E-state index >= 15 is 0 Å². The summed E-state index contributed by atoms with van der Waals surface area (Å²) in [5.41, 5.74) is -0.977. The largest absolute Gasteiger partial charge is 0.505 e. The highest BCUT2D eigenvalue weighted by Gasteiger charge is 2.31. The molecular formula is C31H23F3N4O5. The van der Waals surface area contributed by atoms with Crippen LogP contribution in [0.3, 0.4) is 0 Å². The number of hydrogen-bond donors (Lipinski definition) is 3. The predicted octanol–water partition coefficient (Wildman–Crippen LogP) is 5.10. The highest BCUT2D eigenvalue weighted by atomic mass is 19.4. The quantitative estimate of drug-likeness (QED) is 0.230. The van der Waals surface area contributed by atoms with Crippen LogP contribution in [-0.4, -0.2) is 43.2 Å². The van der Waals surface area contributed by atoms with Gasteiger partial charge < -0.3 is 20.1 Å². The molecule has 0 aliphatic heterocycles. The van der Waals surface area contributed by atoms with Gasteiger partial charge in [0, 0.05) is 35.5 Å². The molecule has 3 aromatic heterocycles. The second-order valence-electron chi connectivity index (χ2n) is 9.57. The van der Waals surface area contributed by atoms with Crippen molar-refractivity contribution in [1.29, 1.82) is 0 Å².